The van der Waals surface area contributed by atoms with Gasteiger partial charge in [0.15, 0.2) is 5.16 Å². The first kappa shape index (κ1) is 22.9. The summed E-state index contributed by atoms with van der Waals surface area (Å²) >= 11 is 7.55. The Morgan fingerprint density at radius 2 is 1.82 bits per heavy atom. The lowest BCUT2D eigenvalue weighted by Gasteiger charge is -2.18. The zero-order valence-corrected chi connectivity index (χ0v) is 19.9. The van der Waals surface area contributed by atoms with E-state index in [0.717, 1.165) is 5.56 Å². The van der Waals surface area contributed by atoms with Gasteiger partial charge in [0.2, 0.25) is 5.91 Å². The van der Waals surface area contributed by atoms with Crippen molar-refractivity contribution < 1.29 is 9.53 Å². The van der Waals surface area contributed by atoms with Crippen LogP contribution in [0.25, 0.3) is 16.6 Å². The Labute approximate surface area is 200 Å². The predicted molar refractivity (Wildman–Crippen MR) is 134 cm³/mol. The van der Waals surface area contributed by atoms with Crippen molar-refractivity contribution in [3.8, 4) is 11.4 Å². The van der Waals surface area contributed by atoms with Crippen molar-refractivity contribution in [2.45, 2.75) is 24.3 Å². The quantitative estimate of drug-likeness (QED) is 0.293. The number of hydrogen-bond donors (Lipinski definition) is 1. The number of fused-ring (bicyclic) bond motifs is 1. The van der Waals surface area contributed by atoms with E-state index < -0.39 is 5.25 Å². The number of rotatable bonds is 6. The van der Waals surface area contributed by atoms with Crippen LogP contribution < -0.4 is 15.6 Å². The number of nitrogens with one attached hydrogen (secondary N) is 1. The van der Waals surface area contributed by atoms with E-state index in [0.29, 0.717) is 38.2 Å². The van der Waals surface area contributed by atoms with Gasteiger partial charge < -0.3 is 10.1 Å². The van der Waals surface area contributed by atoms with Crippen molar-refractivity contribution in [1.29, 1.82) is 0 Å². The molecule has 0 saturated carbocycles. The molecule has 4 rings (SSSR count). The number of ether oxygens (including phenoxy) is 1. The molecule has 0 radical (unpaired) electrons. The fourth-order valence-corrected chi connectivity index (χ4v) is 4.53. The zero-order valence-electron chi connectivity index (χ0n) is 18.3. The van der Waals surface area contributed by atoms with E-state index >= 15 is 0 Å². The largest absolute Gasteiger partial charge is 0.495 e. The summed E-state index contributed by atoms with van der Waals surface area (Å²) in [6, 6.07) is 19.7. The molecule has 1 atom stereocenters. The zero-order chi connectivity index (χ0) is 23.5. The lowest BCUT2D eigenvalue weighted by molar-refractivity contribution is -0.115. The smallest absolute Gasteiger partial charge is 0.266 e. The second-order valence-electron chi connectivity index (χ2n) is 7.39. The summed E-state index contributed by atoms with van der Waals surface area (Å²) in [6.07, 6.45) is 0. The van der Waals surface area contributed by atoms with Crippen LogP contribution in [-0.4, -0.2) is 27.8 Å². The third kappa shape index (κ3) is 4.60. The van der Waals surface area contributed by atoms with Crippen LogP contribution in [0, 0.1) is 6.92 Å². The minimum atomic E-state index is -0.547. The maximum atomic E-state index is 13.5. The molecule has 1 N–H and O–H groups in total. The van der Waals surface area contributed by atoms with Crippen molar-refractivity contribution >= 4 is 45.9 Å². The first-order chi connectivity index (χ1) is 15.9. The van der Waals surface area contributed by atoms with E-state index in [1.165, 1.54) is 16.3 Å². The summed E-state index contributed by atoms with van der Waals surface area (Å²) in [6.45, 7) is 3.62. The molecule has 0 spiro atoms. The molecule has 0 bridgehead atoms. The summed E-state index contributed by atoms with van der Waals surface area (Å²) in [5.41, 5.74) is 2.31. The third-order valence-corrected chi connectivity index (χ3v) is 6.70. The Balaban J connectivity index is 1.76. The highest BCUT2D eigenvalue weighted by molar-refractivity contribution is 8.00. The van der Waals surface area contributed by atoms with Crippen molar-refractivity contribution in [2.24, 2.45) is 0 Å². The van der Waals surface area contributed by atoms with Crippen LogP contribution in [-0.2, 0) is 4.79 Å². The lowest BCUT2D eigenvalue weighted by Crippen LogP contribution is -2.26. The van der Waals surface area contributed by atoms with Gasteiger partial charge in [0.05, 0.1) is 34.6 Å². The number of methoxy groups -OCH3 is 1. The summed E-state index contributed by atoms with van der Waals surface area (Å²) in [7, 11) is 1.55. The van der Waals surface area contributed by atoms with E-state index in [4.69, 9.17) is 21.3 Å². The Kier molecular flexibility index (Phi) is 6.72. The average Bonchev–Trinajstić information content (AvgIpc) is 2.82. The van der Waals surface area contributed by atoms with Crippen LogP contribution in [0.3, 0.4) is 0 Å². The van der Waals surface area contributed by atoms with Crippen molar-refractivity contribution in [1.82, 2.24) is 9.55 Å². The maximum absolute atomic E-state index is 13.5. The minimum Gasteiger partial charge on any atom is -0.495 e. The molecule has 1 amide bonds. The van der Waals surface area contributed by atoms with Gasteiger partial charge in [-0.05, 0) is 55.8 Å². The molecular formula is C25H22ClN3O3S. The highest BCUT2D eigenvalue weighted by Gasteiger charge is 2.22. The summed E-state index contributed by atoms with van der Waals surface area (Å²) in [5.74, 6) is 0.333. The number of halogens is 1. The molecule has 6 nitrogen and oxygen atoms in total. The van der Waals surface area contributed by atoms with Gasteiger partial charge in [0.1, 0.15) is 5.75 Å². The molecule has 168 valence electrons. The van der Waals surface area contributed by atoms with Crippen molar-refractivity contribution in [3.63, 3.8) is 0 Å². The van der Waals surface area contributed by atoms with E-state index in [9.17, 15) is 9.59 Å². The fraction of sp³-hybridized carbons (Fsp3) is 0.160. The Morgan fingerprint density at radius 1 is 1.09 bits per heavy atom. The molecule has 0 aliphatic rings. The van der Waals surface area contributed by atoms with E-state index in [-0.39, 0.29) is 11.5 Å². The Morgan fingerprint density at radius 3 is 2.61 bits per heavy atom. The molecular weight excluding hydrogens is 458 g/mol. The van der Waals surface area contributed by atoms with Gasteiger partial charge in [-0.25, -0.2) is 4.98 Å². The number of amides is 1. The van der Waals surface area contributed by atoms with Crippen LogP contribution in [0.5, 0.6) is 5.75 Å². The monoisotopic (exact) mass is 479 g/mol. The standard InChI is InChI=1S/C25H22ClN3O3S/c1-15-18(26)10-8-13-21(15)29-24(31)17-9-4-5-11-19(17)28-25(29)33-16(2)23(30)27-20-12-6-7-14-22(20)32-3/h4-14,16H,1-3H3,(H,27,30). The van der Waals surface area contributed by atoms with Gasteiger partial charge in [0.25, 0.3) is 5.56 Å². The molecule has 0 aliphatic carbocycles. The number of carbonyl (C=O) groups is 1. The molecule has 1 aromatic heterocycles. The summed E-state index contributed by atoms with van der Waals surface area (Å²) < 4.78 is 6.85. The molecule has 8 heteroatoms. The second kappa shape index (κ2) is 9.68. The molecule has 1 heterocycles. The van der Waals surface area contributed by atoms with Gasteiger partial charge in [-0.2, -0.15) is 0 Å². The maximum Gasteiger partial charge on any atom is 0.266 e. The molecule has 33 heavy (non-hydrogen) atoms. The Hall–Kier alpha value is -3.29. The number of thioether (sulfide) groups is 1. The molecule has 0 fully saturated rings. The van der Waals surface area contributed by atoms with Crippen molar-refractivity contribution in [3.05, 3.63) is 87.7 Å². The van der Waals surface area contributed by atoms with E-state index in [1.807, 2.05) is 31.2 Å². The highest BCUT2D eigenvalue weighted by Crippen LogP contribution is 2.30. The van der Waals surface area contributed by atoms with Crippen LogP contribution in [0.1, 0.15) is 12.5 Å². The second-order valence-corrected chi connectivity index (χ2v) is 9.10. The summed E-state index contributed by atoms with van der Waals surface area (Å²) in [5, 5.41) is 3.79. The van der Waals surface area contributed by atoms with Gasteiger partial charge in [-0.1, -0.05) is 53.7 Å². The molecule has 4 aromatic rings. The number of hydrogen-bond acceptors (Lipinski definition) is 5. The average molecular weight is 480 g/mol. The first-order valence-corrected chi connectivity index (χ1v) is 11.5. The number of anilines is 1. The van der Waals surface area contributed by atoms with E-state index in [1.54, 1.807) is 56.5 Å². The topological polar surface area (TPSA) is 73.2 Å². The minimum absolute atomic E-state index is 0.217. The van der Waals surface area contributed by atoms with Crippen molar-refractivity contribution in [2.75, 3.05) is 12.4 Å². The fourth-order valence-electron chi connectivity index (χ4n) is 3.44. The van der Waals surface area contributed by atoms with E-state index in [2.05, 4.69) is 5.32 Å². The number of nitrogens with zero attached hydrogens (tertiary/aromatic N) is 2. The van der Waals surface area contributed by atoms with Crippen LogP contribution in [0.4, 0.5) is 5.69 Å². The third-order valence-electron chi connectivity index (χ3n) is 5.24. The van der Waals surface area contributed by atoms with Gasteiger partial charge in [-0.3, -0.25) is 14.2 Å². The number of carbonyl (C=O) groups excluding carboxylic acids is 1. The molecule has 1 unspecified atom stereocenters. The predicted octanol–water partition coefficient (Wildman–Crippen LogP) is 5.48. The first-order valence-electron chi connectivity index (χ1n) is 10.3. The van der Waals surface area contributed by atoms with Gasteiger partial charge in [-0.15, -0.1) is 0 Å². The molecule has 3 aromatic carbocycles. The summed E-state index contributed by atoms with van der Waals surface area (Å²) in [4.78, 5) is 31.2. The number of benzene rings is 3. The van der Waals surface area contributed by atoms with Crippen LogP contribution in [0.2, 0.25) is 5.02 Å². The SMILES string of the molecule is COc1ccccc1NC(=O)C(C)Sc1nc2ccccc2c(=O)n1-c1cccc(Cl)c1C. The molecule has 0 saturated heterocycles. The highest BCUT2D eigenvalue weighted by atomic mass is 35.5. The van der Waals surface area contributed by atoms with Gasteiger partial charge in [0, 0.05) is 5.02 Å². The van der Waals surface area contributed by atoms with Crippen LogP contribution in [0.15, 0.2) is 76.7 Å². The Bertz CT molecular complexity index is 1400. The lowest BCUT2D eigenvalue weighted by atomic mass is 10.2. The normalized spacial score (nSPS) is 11.9. The van der Waals surface area contributed by atoms with Crippen LogP contribution >= 0.6 is 23.4 Å². The number of aromatic nitrogens is 2. The van der Waals surface area contributed by atoms with Gasteiger partial charge >= 0.3 is 0 Å². The molecule has 0 aliphatic heterocycles. The number of para-hydroxylation sites is 3.